The summed E-state index contributed by atoms with van der Waals surface area (Å²) in [6.07, 6.45) is 1.55. The molecule has 1 aliphatic rings. The van der Waals surface area contributed by atoms with E-state index in [1.807, 2.05) is 0 Å². The van der Waals surface area contributed by atoms with Crippen LogP contribution in [-0.2, 0) is 17.6 Å². The van der Waals surface area contributed by atoms with Crippen molar-refractivity contribution in [2.75, 3.05) is 5.32 Å². The number of carbonyl (C=O) groups excluding carboxylic acids is 1. The summed E-state index contributed by atoms with van der Waals surface area (Å²) in [4.78, 5) is 15.6. The maximum Gasteiger partial charge on any atom is 0.232 e. The van der Waals surface area contributed by atoms with Crippen LogP contribution in [0.2, 0.25) is 0 Å². The van der Waals surface area contributed by atoms with E-state index in [0.29, 0.717) is 6.42 Å². The van der Waals surface area contributed by atoms with Crippen molar-refractivity contribution in [2.45, 2.75) is 39.5 Å². The first-order valence-corrected chi connectivity index (χ1v) is 7.28. The Labute approximate surface area is 123 Å². The Balaban J connectivity index is 1.96. The lowest BCUT2D eigenvalue weighted by Crippen LogP contribution is -2.15. The molecule has 2 heterocycles. The molecule has 0 spiro atoms. The molecule has 3 rings (SSSR count). The fourth-order valence-electron chi connectivity index (χ4n) is 3.30. The molecule has 0 bridgehead atoms. The Morgan fingerprint density at radius 2 is 2.05 bits per heavy atom. The SMILES string of the molecule is CCc1c(C)[nH]c(CC2C(=O)Nc3ccc(F)cc32)c1C. The van der Waals surface area contributed by atoms with Crippen molar-refractivity contribution in [2.24, 2.45) is 0 Å². The number of fused-ring (bicyclic) bond motifs is 1. The van der Waals surface area contributed by atoms with E-state index in [4.69, 9.17) is 0 Å². The Bertz CT molecular complexity index is 718. The smallest absolute Gasteiger partial charge is 0.232 e. The van der Waals surface area contributed by atoms with Gasteiger partial charge in [0.15, 0.2) is 0 Å². The maximum absolute atomic E-state index is 13.5. The highest BCUT2D eigenvalue weighted by Crippen LogP contribution is 2.36. The second-order valence-electron chi connectivity index (χ2n) is 5.66. The van der Waals surface area contributed by atoms with Crippen LogP contribution in [0, 0.1) is 19.7 Å². The van der Waals surface area contributed by atoms with E-state index in [1.165, 1.54) is 23.3 Å². The number of aromatic nitrogens is 1. The Kier molecular flexibility index (Phi) is 3.32. The van der Waals surface area contributed by atoms with Gasteiger partial charge in [-0.1, -0.05) is 6.92 Å². The number of benzene rings is 1. The van der Waals surface area contributed by atoms with Crippen molar-refractivity contribution in [1.29, 1.82) is 0 Å². The summed E-state index contributed by atoms with van der Waals surface area (Å²) in [6.45, 7) is 6.26. The summed E-state index contributed by atoms with van der Waals surface area (Å²) < 4.78 is 13.5. The highest BCUT2D eigenvalue weighted by Gasteiger charge is 2.32. The van der Waals surface area contributed by atoms with E-state index in [1.54, 1.807) is 6.07 Å². The third-order valence-electron chi connectivity index (χ3n) is 4.42. The van der Waals surface area contributed by atoms with Crippen LogP contribution in [0.3, 0.4) is 0 Å². The van der Waals surface area contributed by atoms with Crippen molar-refractivity contribution in [1.82, 2.24) is 4.98 Å². The van der Waals surface area contributed by atoms with Crippen molar-refractivity contribution in [3.63, 3.8) is 0 Å². The Morgan fingerprint density at radius 3 is 2.71 bits per heavy atom. The van der Waals surface area contributed by atoms with E-state index < -0.39 is 0 Å². The van der Waals surface area contributed by atoms with E-state index >= 15 is 0 Å². The second kappa shape index (κ2) is 5.02. The van der Waals surface area contributed by atoms with Gasteiger partial charge < -0.3 is 10.3 Å². The minimum atomic E-state index is -0.322. The molecule has 0 saturated carbocycles. The number of halogens is 1. The minimum Gasteiger partial charge on any atom is -0.362 e. The summed E-state index contributed by atoms with van der Waals surface area (Å²) in [6, 6.07) is 4.47. The number of aryl methyl sites for hydroxylation is 1. The molecule has 0 aliphatic carbocycles. The molecule has 21 heavy (non-hydrogen) atoms. The molecule has 1 amide bonds. The number of rotatable bonds is 3. The zero-order valence-electron chi connectivity index (χ0n) is 12.5. The molecule has 110 valence electrons. The highest BCUT2D eigenvalue weighted by atomic mass is 19.1. The first-order chi connectivity index (χ1) is 10.0. The van der Waals surface area contributed by atoms with Crippen molar-refractivity contribution >= 4 is 11.6 Å². The number of anilines is 1. The number of hydrogen-bond donors (Lipinski definition) is 2. The number of H-pyrrole nitrogens is 1. The average Bonchev–Trinajstić information content (AvgIpc) is 2.88. The molecule has 1 aromatic carbocycles. The normalized spacial score (nSPS) is 17.0. The van der Waals surface area contributed by atoms with Gasteiger partial charge in [0.1, 0.15) is 5.82 Å². The first-order valence-electron chi connectivity index (χ1n) is 7.28. The van der Waals surface area contributed by atoms with Crippen LogP contribution >= 0.6 is 0 Å². The van der Waals surface area contributed by atoms with Crippen molar-refractivity contribution in [3.05, 3.63) is 52.1 Å². The van der Waals surface area contributed by atoms with Gasteiger partial charge in [-0.3, -0.25) is 4.79 Å². The van der Waals surface area contributed by atoms with Crippen molar-refractivity contribution in [3.8, 4) is 0 Å². The van der Waals surface area contributed by atoms with E-state index in [-0.39, 0.29) is 17.6 Å². The van der Waals surface area contributed by atoms with Crippen LogP contribution in [0.5, 0.6) is 0 Å². The third kappa shape index (κ3) is 2.24. The lowest BCUT2D eigenvalue weighted by atomic mass is 9.93. The lowest BCUT2D eigenvalue weighted by molar-refractivity contribution is -0.117. The molecule has 0 radical (unpaired) electrons. The number of aromatic amines is 1. The first kappa shape index (κ1) is 13.9. The van der Waals surface area contributed by atoms with Crippen LogP contribution in [0.1, 0.15) is 40.9 Å². The molecular formula is C17H19FN2O. The van der Waals surface area contributed by atoms with Gasteiger partial charge >= 0.3 is 0 Å². The van der Waals surface area contributed by atoms with Crippen LogP contribution in [-0.4, -0.2) is 10.9 Å². The lowest BCUT2D eigenvalue weighted by Gasteiger charge is -2.09. The fourth-order valence-corrected chi connectivity index (χ4v) is 3.30. The monoisotopic (exact) mass is 286 g/mol. The van der Waals surface area contributed by atoms with E-state index in [0.717, 1.165) is 29.1 Å². The standard InChI is InChI=1S/C17H19FN2O/c1-4-12-9(2)16(19-10(12)3)8-14-13-7-11(18)5-6-15(13)20-17(14)21/h5-7,14,19H,4,8H2,1-3H3,(H,20,21). The second-order valence-corrected chi connectivity index (χ2v) is 5.66. The maximum atomic E-state index is 13.5. The Morgan fingerprint density at radius 1 is 1.29 bits per heavy atom. The molecule has 1 atom stereocenters. The molecule has 4 heteroatoms. The fraction of sp³-hybridized carbons (Fsp3) is 0.353. The van der Waals surface area contributed by atoms with Crippen LogP contribution in [0.4, 0.5) is 10.1 Å². The van der Waals surface area contributed by atoms with Gasteiger partial charge in [0.05, 0.1) is 5.92 Å². The predicted molar refractivity (Wildman–Crippen MR) is 81.1 cm³/mol. The molecule has 2 N–H and O–H groups in total. The summed E-state index contributed by atoms with van der Waals surface area (Å²) in [5.74, 6) is -0.679. The number of amides is 1. The molecular weight excluding hydrogens is 267 g/mol. The zero-order valence-corrected chi connectivity index (χ0v) is 12.5. The van der Waals surface area contributed by atoms with Gasteiger partial charge in [-0.2, -0.15) is 0 Å². The van der Waals surface area contributed by atoms with Crippen molar-refractivity contribution < 1.29 is 9.18 Å². The molecule has 0 saturated heterocycles. The summed E-state index contributed by atoms with van der Waals surface area (Å²) in [5.41, 5.74) is 6.23. The third-order valence-corrected chi connectivity index (χ3v) is 4.42. The molecule has 3 nitrogen and oxygen atoms in total. The van der Waals surface area contributed by atoms with Gasteiger partial charge in [0, 0.05) is 23.5 Å². The average molecular weight is 286 g/mol. The largest absolute Gasteiger partial charge is 0.362 e. The predicted octanol–water partition coefficient (Wildman–Crippen LogP) is 3.61. The molecule has 1 unspecified atom stereocenters. The Hall–Kier alpha value is -2.10. The van der Waals surface area contributed by atoms with E-state index in [2.05, 4.69) is 31.1 Å². The van der Waals surface area contributed by atoms with E-state index in [9.17, 15) is 9.18 Å². The molecule has 0 fully saturated rings. The van der Waals surface area contributed by atoms with Gasteiger partial charge in [-0.15, -0.1) is 0 Å². The number of hydrogen-bond acceptors (Lipinski definition) is 1. The van der Waals surface area contributed by atoms with Crippen LogP contribution in [0.15, 0.2) is 18.2 Å². The van der Waals surface area contributed by atoms with Crippen LogP contribution < -0.4 is 5.32 Å². The molecule has 1 aromatic heterocycles. The molecule has 1 aliphatic heterocycles. The number of nitrogens with one attached hydrogen (secondary N) is 2. The van der Waals surface area contributed by atoms with Crippen LogP contribution in [0.25, 0.3) is 0 Å². The van der Waals surface area contributed by atoms with Gasteiger partial charge in [-0.05, 0) is 55.2 Å². The van der Waals surface area contributed by atoms with Gasteiger partial charge in [0.2, 0.25) is 5.91 Å². The zero-order chi connectivity index (χ0) is 15.1. The summed E-state index contributed by atoms with van der Waals surface area (Å²) in [7, 11) is 0. The summed E-state index contributed by atoms with van der Waals surface area (Å²) >= 11 is 0. The topological polar surface area (TPSA) is 44.9 Å². The van der Waals surface area contributed by atoms with Gasteiger partial charge in [-0.25, -0.2) is 4.39 Å². The summed E-state index contributed by atoms with van der Waals surface area (Å²) in [5, 5.41) is 2.83. The number of carbonyl (C=O) groups is 1. The highest BCUT2D eigenvalue weighted by molar-refractivity contribution is 6.03. The minimum absolute atomic E-state index is 0.0553. The van der Waals surface area contributed by atoms with Gasteiger partial charge in [0.25, 0.3) is 0 Å². The quantitative estimate of drug-likeness (QED) is 0.889. The molecule has 2 aromatic rings.